The molecule has 0 saturated heterocycles. The number of nitrogens with zero attached hydrogens (tertiary/aromatic N) is 3. The summed E-state index contributed by atoms with van der Waals surface area (Å²) in [7, 11) is 0. The van der Waals surface area contributed by atoms with Gasteiger partial charge in [-0.25, -0.2) is 4.52 Å². The van der Waals surface area contributed by atoms with Crippen LogP contribution in [0.2, 0.25) is 0 Å². The third kappa shape index (κ3) is 2.06. The summed E-state index contributed by atoms with van der Waals surface area (Å²) in [4.78, 5) is 4.49. The van der Waals surface area contributed by atoms with Gasteiger partial charge in [-0.3, -0.25) is 0 Å². The Morgan fingerprint density at radius 1 is 1.44 bits per heavy atom. The van der Waals surface area contributed by atoms with E-state index in [4.69, 9.17) is 5.73 Å². The third-order valence-electron chi connectivity index (χ3n) is 3.76. The predicted octanol–water partition coefficient (Wildman–Crippen LogP) is 1.58. The van der Waals surface area contributed by atoms with Gasteiger partial charge in [-0.1, -0.05) is 12.5 Å². The maximum Gasteiger partial charge on any atom is 0.243 e. The number of rotatable bonds is 3. The smallest absolute Gasteiger partial charge is 0.243 e. The summed E-state index contributed by atoms with van der Waals surface area (Å²) in [6.45, 7) is 2.79. The van der Waals surface area contributed by atoms with E-state index < -0.39 is 0 Å². The highest BCUT2D eigenvalue weighted by atomic mass is 15.3. The standard InChI is InChI=1S/C13H19N5/c1-9-5-6-12-16-13(17-18(12)8-9)15-11-4-2-3-10(11)7-14/h5-6,8,10-11H,2-4,7,14H2,1H3,(H,15,17). The lowest BCUT2D eigenvalue weighted by Crippen LogP contribution is -2.29. The Hall–Kier alpha value is -1.62. The van der Waals surface area contributed by atoms with Gasteiger partial charge in [0.05, 0.1) is 0 Å². The van der Waals surface area contributed by atoms with E-state index >= 15 is 0 Å². The van der Waals surface area contributed by atoms with Crippen LogP contribution in [0.5, 0.6) is 0 Å². The van der Waals surface area contributed by atoms with E-state index in [0.717, 1.165) is 18.6 Å². The number of pyridine rings is 1. The van der Waals surface area contributed by atoms with E-state index in [1.807, 2.05) is 22.8 Å². The highest BCUT2D eigenvalue weighted by Gasteiger charge is 2.26. The minimum Gasteiger partial charge on any atom is -0.350 e. The number of anilines is 1. The predicted molar refractivity (Wildman–Crippen MR) is 71.5 cm³/mol. The number of aromatic nitrogens is 3. The van der Waals surface area contributed by atoms with E-state index in [1.54, 1.807) is 0 Å². The lowest BCUT2D eigenvalue weighted by molar-refractivity contribution is 0.514. The Labute approximate surface area is 106 Å². The molecule has 3 N–H and O–H groups in total. The second-order valence-corrected chi connectivity index (χ2v) is 5.12. The molecule has 3 rings (SSSR count). The molecule has 0 amide bonds. The molecule has 96 valence electrons. The van der Waals surface area contributed by atoms with Crippen molar-refractivity contribution in [2.24, 2.45) is 11.7 Å². The molecular formula is C13H19N5. The molecule has 1 aliphatic carbocycles. The van der Waals surface area contributed by atoms with Crippen molar-refractivity contribution >= 4 is 11.6 Å². The van der Waals surface area contributed by atoms with E-state index in [0.29, 0.717) is 17.9 Å². The quantitative estimate of drug-likeness (QED) is 0.861. The van der Waals surface area contributed by atoms with Crippen LogP contribution in [0.4, 0.5) is 5.95 Å². The second-order valence-electron chi connectivity index (χ2n) is 5.12. The Morgan fingerprint density at radius 2 is 2.33 bits per heavy atom. The van der Waals surface area contributed by atoms with Crippen molar-refractivity contribution in [2.45, 2.75) is 32.2 Å². The Balaban J connectivity index is 1.82. The SMILES string of the molecule is Cc1ccc2nc(NC3CCCC3CN)nn2c1. The molecule has 1 fully saturated rings. The molecule has 0 aromatic carbocycles. The maximum atomic E-state index is 5.79. The van der Waals surface area contributed by atoms with Crippen molar-refractivity contribution in [1.82, 2.24) is 14.6 Å². The van der Waals surface area contributed by atoms with E-state index in [2.05, 4.69) is 22.3 Å². The molecule has 2 unspecified atom stereocenters. The lowest BCUT2D eigenvalue weighted by atomic mass is 10.0. The summed E-state index contributed by atoms with van der Waals surface area (Å²) in [5.41, 5.74) is 7.85. The van der Waals surface area contributed by atoms with Crippen molar-refractivity contribution in [3.8, 4) is 0 Å². The first kappa shape index (κ1) is 11.5. The van der Waals surface area contributed by atoms with Gasteiger partial charge < -0.3 is 11.1 Å². The van der Waals surface area contributed by atoms with Crippen LogP contribution in [0.1, 0.15) is 24.8 Å². The van der Waals surface area contributed by atoms with Crippen LogP contribution in [0.25, 0.3) is 5.65 Å². The molecule has 0 spiro atoms. The Bertz CT molecular complexity index is 547. The van der Waals surface area contributed by atoms with Gasteiger partial charge >= 0.3 is 0 Å². The molecule has 0 bridgehead atoms. The van der Waals surface area contributed by atoms with Gasteiger partial charge in [0.2, 0.25) is 5.95 Å². The zero-order chi connectivity index (χ0) is 12.5. The molecule has 2 aromatic heterocycles. The van der Waals surface area contributed by atoms with Crippen molar-refractivity contribution in [3.05, 3.63) is 23.9 Å². The van der Waals surface area contributed by atoms with Gasteiger partial charge in [0.25, 0.3) is 0 Å². The number of nitrogens with one attached hydrogen (secondary N) is 1. The summed E-state index contributed by atoms with van der Waals surface area (Å²) in [6.07, 6.45) is 5.60. The van der Waals surface area contributed by atoms with Crippen LogP contribution in [0, 0.1) is 12.8 Å². The fourth-order valence-corrected chi connectivity index (χ4v) is 2.72. The van der Waals surface area contributed by atoms with Crippen molar-refractivity contribution < 1.29 is 0 Å². The minimum atomic E-state index is 0.425. The first-order chi connectivity index (χ1) is 8.76. The maximum absolute atomic E-state index is 5.79. The van der Waals surface area contributed by atoms with E-state index in [9.17, 15) is 0 Å². The molecule has 2 aromatic rings. The van der Waals surface area contributed by atoms with Crippen LogP contribution >= 0.6 is 0 Å². The average Bonchev–Trinajstić information content (AvgIpc) is 2.94. The summed E-state index contributed by atoms with van der Waals surface area (Å²) >= 11 is 0. The average molecular weight is 245 g/mol. The number of aryl methyl sites for hydroxylation is 1. The summed E-state index contributed by atoms with van der Waals surface area (Å²) in [6, 6.07) is 4.46. The minimum absolute atomic E-state index is 0.425. The van der Waals surface area contributed by atoms with Crippen LogP contribution < -0.4 is 11.1 Å². The van der Waals surface area contributed by atoms with Crippen LogP contribution in [0.3, 0.4) is 0 Å². The summed E-state index contributed by atoms with van der Waals surface area (Å²) in [5, 5.41) is 7.89. The third-order valence-corrected chi connectivity index (χ3v) is 3.76. The van der Waals surface area contributed by atoms with Gasteiger partial charge in [-0.05, 0) is 43.9 Å². The van der Waals surface area contributed by atoms with Gasteiger partial charge in [0.1, 0.15) is 0 Å². The molecule has 1 aliphatic rings. The summed E-state index contributed by atoms with van der Waals surface area (Å²) < 4.78 is 1.82. The molecule has 2 heterocycles. The molecule has 18 heavy (non-hydrogen) atoms. The van der Waals surface area contributed by atoms with Gasteiger partial charge in [0, 0.05) is 12.2 Å². The van der Waals surface area contributed by atoms with Crippen molar-refractivity contribution in [3.63, 3.8) is 0 Å². The largest absolute Gasteiger partial charge is 0.350 e. The monoisotopic (exact) mass is 245 g/mol. The molecule has 0 radical (unpaired) electrons. The molecule has 0 aliphatic heterocycles. The number of fused-ring (bicyclic) bond motifs is 1. The molecule has 1 saturated carbocycles. The second kappa shape index (κ2) is 4.57. The fourth-order valence-electron chi connectivity index (χ4n) is 2.72. The molecule has 5 heteroatoms. The number of hydrogen-bond acceptors (Lipinski definition) is 4. The zero-order valence-corrected chi connectivity index (χ0v) is 10.6. The first-order valence-electron chi connectivity index (χ1n) is 6.56. The Kier molecular flexibility index (Phi) is 2.91. The van der Waals surface area contributed by atoms with Gasteiger partial charge in [-0.2, -0.15) is 4.98 Å². The van der Waals surface area contributed by atoms with Crippen LogP contribution in [-0.2, 0) is 0 Å². The van der Waals surface area contributed by atoms with E-state index in [-0.39, 0.29) is 0 Å². The highest BCUT2D eigenvalue weighted by molar-refractivity contribution is 5.44. The van der Waals surface area contributed by atoms with Crippen molar-refractivity contribution in [1.29, 1.82) is 0 Å². The first-order valence-corrected chi connectivity index (χ1v) is 6.56. The van der Waals surface area contributed by atoms with Crippen LogP contribution in [-0.4, -0.2) is 27.2 Å². The van der Waals surface area contributed by atoms with Crippen LogP contribution in [0.15, 0.2) is 18.3 Å². The normalized spacial score (nSPS) is 23.7. The fraction of sp³-hybridized carbons (Fsp3) is 0.538. The highest BCUT2D eigenvalue weighted by Crippen LogP contribution is 2.26. The van der Waals surface area contributed by atoms with Crippen molar-refractivity contribution in [2.75, 3.05) is 11.9 Å². The van der Waals surface area contributed by atoms with E-state index in [1.165, 1.54) is 18.4 Å². The lowest BCUT2D eigenvalue weighted by Gasteiger charge is -2.17. The summed E-state index contributed by atoms with van der Waals surface area (Å²) in [5.74, 6) is 1.27. The number of nitrogens with two attached hydrogens (primary N) is 1. The topological polar surface area (TPSA) is 68.2 Å². The van der Waals surface area contributed by atoms with Gasteiger partial charge in [-0.15, -0.1) is 5.10 Å². The molecule has 2 atom stereocenters. The number of hydrogen-bond donors (Lipinski definition) is 2. The van der Waals surface area contributed by atoms with Gasteiger partial charge in [0.15, 0.2) is 5.65 Å². The molecular weight excluding hydrogens is 226 g/mol. The zero-order valence-electron chi connectivity index (χ0n) is 10.6. The molecule has 5 nitrogen and oxygen atoms in total. The Morgan fingerprint density at radius 3 is 3.17 bits per heavy atom.